The van der Waals surface area contributed by atoms with Crippen LogP contribution in [0.2, 0.25) is 0 Å². The Morgan fingerprint density at radius 2 is 2.50 bits per heavy atom. The van der Waals surface area contributed by atoms with Crippen LogP contribution in [-0.2, 0) is 0 Å². The molecular weight excluding hydrogens is 218 g/mol. The summed E-state index contributed by atoms with van der Waals surface area (Å²) < 4.78 is 5.08. The van der Waals surface area contributed by atoms with Crippen LogP contribution in [0.25, 0.3) is 5.57 Å². The van der Waals surface area contributed by atoms with Crippen molar-refractivity contribution in [1.29, 1.82) is 0 Å². The van der Waals surface area contributed by atoms with Crippen LogP contribution in [-0.4, -0.2) is 17.4 Å². The molecular formula is C9H10BrNO. The van der Waals surface area contributed by atoms with Crippen molar-refractivity contribution in [2.75, 3.05) is 12.4 Å². The van der Waals surface area contributed by atoms with Crippen LogP contribution in [0.15, 0.2) is 24.9 Å². The van der Waals surface area contributed by atoms with Crippen LogP contribution < -0.4 is 4.74 Å². The summed E-state index contributed by atoms with van der Waals surface area (Å²) in [5.41, 5.74) is 1.93. The zero-order valence-electron chi connectivity index (χ0n) is 6.88. The van der Waals surface area contributed by atoms with E-state index in [9.17, 15) is 0 Å². The Kier molecular flexibility index (Phi) is 3.29. The fraction of sp³-hybridized carbons (Fsp3) is 0.222. The number of hydrogen-bond donors (Lipinski definition) is 0. The largest absolute Gasteiger partial charge is 0.481 e. The average molecular weight is 228 g/mol. The first-order chi connectivity index (χ1) is 5.79. The number of allylic oxidation sites excluding steroid dienone is 1. The smallest absolute Gasteiger partial charge is 0.220 e. The van der Waals surface area contributed by atoms with E-state index < -0.39 is 0 Å². The molecule has 1 aromatic rings. The zero-order chi connectivity index (χ0) is 8.97. The molecule has 64 valence electrons. The number of ether oxygens (including phenoxy) is 1. The fourth-order valence-corrected chi connectivity index (χ4v) is 1.20. The molecule has 0 aliphatic carbocycles. The molecule has 0 N–H and O–H groups in total. The van der Waals surface area contributed by atoms with Crippen LogP contribution in [0, 0.1) is 0 Å². The maximum atomic E-state index is 5.08. The second-order valence-corrected chi connectivity index (χ2v) is 2.86. The summed E-state index contributed by atoms with van der Waals surface area (Å²) in [4.78, 5) is 4.06. The summed E-state index contributed by atoms with van der Waals surface area (Å²) in [6.45, 7) is 3.89. The summed E-state index contributed by atoms with van der Waals surface area (Å²) in [7, 11) is 1.60. The number of rotatable bonds is 3. The molecule has 0 aliphatic rings. The average Bonchev–Trinajstić information content (AvgIpc) is 2.16. The Morgan fingerprint density at radius 3 is 3.08 bits per heavy atom. The predicted octanol–water partition coefficient (Wildman–Crippen LogP) is 2.50. The number of pyridine rings is 1. The van der Waals surface area contributed by atoms with Gasteiger partial charge in [-0.3, -0.25) is 0 Å². The molecule has 12 heavy (non-hydrogen) atoms. The van der Waals surface area contributed by atoms with Crippen molar-refractivity contribution in [3.05, 3.63) is 30.5 Å². The van der Waals surface area contributed by atoms with Gasteiger partial charge in [-0.25, -0.2) is 4.98 Å². The molecule has 0 saturated carbocycles. The van der Waals surface area contributed by atoms with Gasteiger partial charge in [-0.05, 0) is 17.7 Å². The number of methoxy groups -OCH3 is 1. The Morgan fingerprint density at radius 1 is 1.75 bits per heavy atom. The van der Waals surface area contributed by atoms with Gasteiger partial charge in [0.1, 0.15) is 0 Å². The molecule has 0 bridgehead atoms. The molecule has 0 fully saturated rings. The van der Waals surface area contributed by atoms with Crippen molar-refractivity contribution >= 4 is 21.5 Å². The molecule has 0 spiro atoms. The number of halogens is 1. The van der Waals surface area contributed by atoms with E-state index in [-0.39, 0.29) is 0 Å². The first-order valence-electron chi connectivity index (χ1n) is 3.52. The third-order valence-corrected chi connectivity index (χ3v) is 2.18. The molecule has 0 saturated heterocycles. The van der Waals surface area contributed by atoms with Crippen molar-refractivity contribution in [2.24, 2.45) is 0 Å². The van der Waals surface area contributed by atoms with E-state index in [4.69, 9.17) is 4.74 Å². The van der Waals surface area contributed by atoms with Gasteiger partial charge in [-0.2, -0.15) is 0 Å². The second-order valence-electron chi connectivity index (χ2n) is 2.30. The minimum absolute atomic E-state index is 0.627. The van der Waals surface area contributed by atoms with Gasteiger partial charge in [-0.15, -0.1) is 0 Å². The Bertz CT molecular complexity index is 286. The van der Waals surface area contributed by atoms with Crippen molar-refractivity contribution in [2.45, 2.75) is 0 Å². The molecule has 1 heterocycles. The summed E-state index contributed by atoms with van der Waals surface area (Å²) in [5.74, 6) is 0.627. The third-order valence-electron chi connectivity index (χ3n) is 1.51. The Labute approximate surface area is 80.4 Å². The van der Waals surface area contributed by atoms with Crippen molar-refractivity contribution in [3.63, 3.8) is 0 Å². The van der Waals surface area contributed by atoms with Crippen molar-refractivity contribution < 1.29 is 4.74 Å². The van der Waals surface area contributed by atoms with E-state index in [1.165, 1.54) is 0 Å². The minimum Gasteiger partial charge on any atom is -0.481 e. The second kappa shape index (κ2) is 4.26. The molecule has 1 rings (SSSR count). The highest BCUT2D eigenvalue weighted by Gasteiger charge is 2.04. The molecule has 0 aromatic carbocycles. The molecule has 0 unspecified atom stereocenters. The molecule has 2 nitrogen and oxygen atoms in total. The first kappa shape index (κ1) is 9.26. The minimum atomic E-state index is 0.627. The monoisotopic (exact) mass is 227 g/mol. The number of nitrogens with zero attached hydrogens (tertiary/aromatic N) is 1. The lowest BCUT2D eigenvalue weighted by Gasteiger charge is -2.06. The zero-order valence-corrected chi connectivity index (χ0v) is 8.47. The van der Waals surface area contributed by atoms with E-state index in [0.29, 0.717) is 5.88 Å². The van der Waals surface area contributed by atoms with Gasteiger partial charge in [0.15, 0.2) is 0 Å². The van der Waals surface area contributed by atoms with Gasteiger partial charge in [0.2, 0.25) is 5.88 Å². The van der Waals surface area contributed by atoms with E-state index in [0.717, 1.165) is 16.5 Å². The van der Waals surface area contributed by atoms with E-state index >= 15 is 0 Å². The maximum absolute atomic E-state index is 5.08. The van der Waals surface area contributed by atoms with E-state index in [1.807, 2.05) is 12.1 Å². The quantitative estimate of drug-likeness (QED) is 0.741. The van der Waals surface area contributed by atoms with Gasteiger partial charge in [0, 0.05) is 17.1 Å². The van der Waals surface area contributed by atoms with Crippen LogP contribution in [0.1, 0.15) is 5.56 Å². The maximum Gasteiger partial charge on any atom is 0.220 e. The highest BCUT2D eigenvalue weighted by molar-refractivity contribution is 9.09. The van der Waals surface area contributed by atoms with Crippen LogP contribution in [0.4, 0.5) is 0 Å². The molecule has 0 amide bonds. The lowest BCUT2D eigenvalue weighted by molar-refractivity contribution is 0.396. The number of aromatic nitrogens is 1. The summed E-state index contributed by atoms with van der Waals surface area (Å²) >= 11 is 3.33. The van der Waals surface area contributed by atoms with E-state index in [1.54, 1.807) is 13.3 Å². The highest BCUT2D eigenvalue weighted by atomic mass is 79.9. The Balaban J connectivity index is 3.04. The summed E-state index contributed by atoms with van der Waals surface area (Å²) in [6, 6.07) is 3.81. The van der Waals surface area contributed by atoms with Gasteiger partial charge in [0.05, 0.1) is 7.11 Å². The molecule has 1 aromatic heterocycles. The third kappa shape index (κ3) is 1.85. The van der Waals surface area contributed by atoms with Gasteiger partial charge in [0.25, 0.3) is 0 Å². The van der Waals surface area contributed by atoms with Gasteiger partial charge >= 0.3 is 0 Å². The highest BCUT2D eigenvalue weighted by Crippen LogP contribution is 2.22. The van der Waals surface area contributed by atoms with Crippen molar-refractivity contribution in [3.8, 4) is 5.88 Å². The van der Waals surface area contributed by atoms with Gasteiger partial charge < -0.3 is 4.74 Å². The first-order valence-corrected chi connectivity index (χ1v) is 4.65. The molecule has 0 atom stereocenters. The van der Waals surface area contributed by atoms with Crippen LogP contribution in [0.3, 0.4) is 0 Å². The lowest BCUT2D eigenvalue weighted by Crippen LogP contribution is -1.93. The standard InChI is InChI=1S/C9H10BrNO/c1-7(6-10)8-4-3-5-11-9(8)12-2/h3-5H,1,6H2,2H3. The molecule has 0 aliphatic heterocycles. The van der Waals surface area contributed by atoms with Gasteiger partial charge in [-0.1, -0.05) is 22.5 Å². The SMILES string of the molecule is C=C(CBr)c1cccnc1OC. The Hall–Kier alpha value is -0.830. The van der Waals surface area contributed by atoms with Crippen LogP contribution in [0.5, 0.6) is 5.88 Å². The number of alkyl halides is 1. The molecule has 3 heteroatoms. The van der Waals surface area contributed by atoms with Crippen LogP contribution >= 0.6 is 15.9 Å². The van der Waals surface area contributed by atoms with E-state index in [2.05, 4.69) is 27.5 Å². The fourth-order valence-electron chi connectivity index (χ4n) is 0.895. The van der Waals surface area contributed by atoms with Crippen molar-refractivity contribution in [1.82, 2.24) is 4.98 Å². The summed E-state index contributed by atoms with van der Waals surface area (Å²) in [5, 5.41) is 0.731. The molecule has 0 radical (unpaired) electrons. The summed E-state index contributed by atoms with van der Waals surface area (Å²) in [6.07, 6.45) is 1.70. The topological polar surface area (TPSA) is 22.1 Å². The normalized spacial score (nSPS) is 9.50. The number of hydrogen-bond acceptors (Lipinski definition) is 2. The lowest BCUT2D eigenvalue weighted by atomic mass is 10.1. The predicted molar refractivity (Wildman–Crippen MR) is 53.6 cm³/mol.